The number of ether oxygens (including phenoxy) is 2. The van der Waals surface area contributed by atoms with Crippen LogP contribution in [0.25, 0.3) is 10.8 Å². The van der Waals surface area contributed by atoms with Gasteiger partial charge in [0.1, 0.15) is 12.1 Å². The molecule has 2 aromatic rings. The first kappa shape index (κ1) is 42.3. The van der Waals surface area contributed by atoms with Crippen LogP contribution in [0.2, 0.25) is 0 Å². The molecule has 1 saturated heterocycles. The topological polar surface area (TPSA) is 187 Å². The van der Waals surface area contributed by atoms with Crippen LogP contribution in [0.4, 0.5) is 18.0 Å². The van der Waals surface area contributed by atoms with Crippen molar-refractivity contribution in [2.45, 2.75) is 114 Å². The molecular weight excluding hydrogens is 731 g/mol. The second kappa shape index (κ2) is 17.8. The summed E-state index contributed by atoms with van der Waals surface area (Å²) in [5.41, 5.74) is 1.90. The predicted octanol–water partition coefficient (Wildman–Crippen LogP) is 5.88. The summed E-state index contributed by atoms with van der Waals surface area (Å²) in [5, 5.41) is 4.90. The van der Waals surface area contributed by atoms with Crippen LogP contribution in [0.3, 0.4) is 0 Å². The Morgan fingerprint density at radius 3 is 2.41 bits per heavy atom. The van der Waals surface area contributed by atoms with Gasteiger partial charge >= 0.3 is 12.3 Å². The largest absolute Gasteiger partial charge is 0.472 e. The van der Waals surface area contributed by atoms with E-state index >= 15 is 0 Å². The van der Waals surface area contributed by atoms with Crippen LogP contribution in [-0.4, -0.2) is 84.4 Å². The van der Waals surface area contributed by atoms with Gasteiger partial charge in [0.2, 0.25) is 39.7 Å². The van der Waals surface area contributed by atoms with E-state index in [0.29, 0.717) is 49.9 Å². The summed E-state index contributed by atoms with van der Waals surface area (Å²) in [4.78, 5) is 52.5. The molecule has 3 heterocycles. The highest BCUT2D eigenvalue weighted by molar-refractivity contribution is 7.90. The van der Waals surface area contributed by atoms with Crippen molar-refractivity contribution in [3.05, 3.63) is 48.7 Å². The first-order chi connectivity index (χ1) is 25.3. The fourth-order valence-corrected chi connectivity index (χ4v) is 7.51. The quantitative estimate of drug-likeness (QED) is 0.238. The summed E-state index contributed by atoms with van der Waals surface area (Å²) in [6, 6.07) is 9.63. The molecule has 6 rings (SSSR count). The number of alkyl halides is 3. The van der Waals surface area contributed by atoms with E-state index in [9.17, 15) is 40.8 Å². The van der Waals surface area contributed by atoms with Crippen molar-refractivity contribution in [3.8, 4) is 5.88 Å². The average molecular weight is 788 g/mol. The van der Waals surface area contributed by atoms with E-state index in [1.165, 1.54) is 0 Å². The van der Waals surface area contributed by atoms with Gasteiger partial charge < -0.3 is 25.4 Å². The van der Waals surface area contributed by atoms with Crippen molar-refractivity contribution in [2.75, 3.05) is 6.54 Å². The number of pyridine rings is 1. The molecule has 0 spiro atoms. The number of nitrogens with zero attached hydrogens (tertiary/aromatic N) is 2. The van der Waals surface area contributed by atoms with E-state index in [1.807, 2.05) is 30.3 Å². The monoisotopic (exact) mass is 787 g/mol. The van der Waals surface area contributed by atoms with E-state index in [2.05, 4.69) is 46.8 Å². The zero-order chi connectivity index (χ0) is 39.8. The van der Waals surface area contributed by atoms with Crippen molar-refractivity contribution < 1.29 is 54.5 Å². The Hall–Kier alpha value is -4.41. The van der Waals surface area contributed by atoms with Gasteiger partial charge in [0, 0.05) is 34.7 Å². The fourth-order valence-electron chi connectivity index (χ4n) is 6.43. The third-order valence-electron chi connectivity index (χ3n) is 9.72. The number of hydrogen-bond donors (Lipinski definition) is 3. The number of rotatable bonds is 6. The van der Waals surface area contributed by atoms with Gasteiger partial charge in [-0.2, -0.15) is 13.2 Å². The Morgan fingerprint density at radius 2 is 1.78 bits per heavy atom. The first-order valence-electron chi connectivity index (χ1n) is 18.1. The standard InChI is InChI=1S/C28H35N3O3.C5H8F3NO2.C4H7NO3S.3H2/c1-18-7-3-4-9-21-15-24(21)30-27(33)25-16-22(17-31(25)26(32)14-19(2)13-18)34-28-23-10-6-5-8-20(23)11-12-29-28;1-4(2,5(6,7)8)11-3(9)10;6-3-5-9(7,8)4-1-2-4;;;/h4-6,8-12,18-19,21-22,24-25H,3,7,13-17H2,1-2H3,(H,30,33);1-2H3,(H2,9,10);3-4H,1-2H2,(H,5,6);3*1H/b9-4-;;;;;/t18-,19-,21-,22-,24-,25+;;;;;/m1...../s1. The maximum Gasteiger partial charge on any atom is 0.427 e. The number of benzene rings is 1. The zero-order valence-corrected chi connectivity index (χ0v) is 31.7. The molecule has 0 unspecified atom stereocenters. The second-order valence-corrected chi connectivity index (χ2v) is 16.9. The number of allylic oxidation sites excluding steroid dienone is 1. The van der Waals surface area contributed by atoms with Crippen LogP contribution in [0, 0.1) is 17.8 Å². The van der Waals surface area contributed by atoms with Gasteiger partial charge in [-0.1, -0.05) is 44.2 Å². The minimum Gasteiger partial charge on any atom is -0.472 e. The number of sulfonamides is 1. The average Bonchev–Trinajstić information content (AvgIpc) is 4.01. The molecule has 4 amide bonds. The zero-order valence-electron chi connectivity index (χ0n) is 30.9. The minimum absolute atomic E-state index is 0. The summed E-state index contributed by atoms with van der Waals surface area (Å²) in [7, 11) is -3.26. The number of primary amides is 1. The van der Waals surface area contributed by atoms with E-state index in [4.69, 9.17) is 4.74 Å². The third-order valence-corrected chi connectivity index (χ3v) is 11.5. The molecule has 2 saturated carbocycles. The van der Waals surface area contributed by atoms with E-state index < -0.39 is 33.9 Å². The summed E-state index contributed by atoms with van der Waals surface area (Å²) < 4.78 is 68.8. The van der Waals surface area contributed by atoms with Gasteiger partial charge in [-0.3, -0.25) is 19.1 Å². The van der Waals surface area contributed by atoms with E-state index in [1.54, 1.807) is 15.8 Å². The third kappa shape index (κ3) is 12.0. The number of fused-ring (bicyclic) bond motifs is 3. The van der Waals surface area contributed by atoms with Crippen molar-refractivity contribution in [2.24, 2.45) is 23.5 Å². The number of nitrogens with one attached hydrogen (secondary N) is 2. The summed E-state index contributed by atoms with van der Waals surface area (Å²) in [6.07, 6.45) is 6.71. The summed E-state index contributed by atoms with van der Waals surface area (Å²) in [6.45, 7) is 6.28. The molecule has 13 nitrogen and oxygen atoms in total. The fraction of sp³-hybridized carbons (Fsp3) is 0.595. The molecular formula is C37H56F3N5O8S. The Morgan fingerprint density at radius 1 is 1.07 bits per heavy atom. The highest BCUT2D eigenvalue weighted by Gasteiger charge is 2.50. The smallest absolute Gasteiger partial charge is 0.427 e. The van der Waals surface area contributed by atoms with Gasteiger partial charge in [-0.05, 0) is 87.6 Å². The number of aromatic nitrogens is 1. The number of hydrogen-bond acceptors (Lipinski definition) is 9. The minimum atomic E-state index is -4.60. The molecule has 4 N–H and O–H groups in total. The summed E-state index contributed by atoms with van der Waals surface area (Å²) in [5.74, 6) is 1.84. The Bertz CT molecular complexity index is 1800. The van der Waals surface area contributed by atoms with Crippen LogP contribution in [-0.2, 0) is 29.1 Å². The number of carbonyl (C=O) groups excluding carboxylic acids is 4. The molecule has 0 radical (unpaired) electrons. The lowest BCUT2D eigenvalue weighted by Gasteiger charge is -2.26. The molecule has 4 aliphatic rings. The molecule has 1 aromatic heterocycles. The van der Waals surface area contributed by atoms with Crippen LogP contribution in [0.15, 0.2) is 48.7 Å². The van der Waals surface area contributed by atoms with Gasteiger partial charge in [0.05, 0.1) is 11.8 Å². The van der Waals surface area contributed by atoms with E-state index in [0.717, 1.165) is 50.3 Å². The SMILES string of the molecule is CC(C)(OC(N)=O)C(F)(F)F.C[C@@H]1CC/C=C\[C@@H]2C[C@H]2NC(=O)[C@@H]2C[C@@H](Oc3nccc4ccccc34)CN2C(=O)C[C@H](C)C1.O=CNS(=O)(=O)C1CC1.[HH].[HH].[HH]. The lowest BCUT2D eigenvalue weighted by molar-refractivity contribution is -0.243. The molecule has 3 fully saturated rings. The number of amides is 4. The van der Waals surface area contributed by atoms with Gasteiger partial charge in [-0.25, -0.2) is 18.2 Å². The Kier molecular flexibility index (Phi) is 14.0. The maximum atomic E-state index is 13.4. The van der Waals surface area contributed by atoms with Crippen molar-refractivity contribution in [3.63, 3.8) is 0 Å². The van der Waals surface area contributed by atoms with Crippen LogP contribution in [0.1, 0.15) is 83.3 Å². The van der Waals surface area contributed by atoms with Crippen molar-refractivity contribution >= 4 is 45.1 Å². The molecule has 0 bridgehead atoms. The van der Waals surface area contributed by atoms with Gasteiger partial charge in [-0.15, -0.1) is 0 Å². The van der Waals surface area contributed by atoms with Gasteiger partial charge in [0.25, 0.3) is 0 Å². The number of halogens is 3. The molecule has 304 valence electrons. The van der Waals surface area contributed by atoms with Crippen LogP contribution in [0.5, 0.6) is 5.88 Å². The highest BCUT2D eigenvalue weighted by atomic mass is 32.2. The molecule has 17 heteroatoms. The van der Waals surface area contributed by atoms with Gasteiger partial charge in [0.15, 0.2) is 0 Å². The molecule has 6 atom stereocenters. The lowest BCUT2D eigenvalue weighted by Crippen LogP contribution is -2.47. The maximum absolute atomic E-state index is 13.4. The molecule has 2 aliphatic heterocycles. The first-order valence-corrected chi connectivity index (χ1v) is 19.6. The number of nitrogens with two attached hydrogens (primary N) is 1. The molecule has 54 heavy (non-hydrogen) atoms. The van der Waals surface area contributed by atoms with E-state index in [-0.39, 0.29) is 45.8 Å². The predicted molar refractivity (Wildman–Crippen MR) is 201 cm³/mol. The van der Waals surface area contributed by atoms with Crippen LogP contribution >= 0.6 is 0 Å². The van der Waals surface area contributed by atoms with Crippen molar-refractivity contribution in [1.82, 2.24) is 19.9 Å². The van der Waals surface area contributed by atoms with Crippen molar-refractivity contribution in [1.29, 1.82) is 0 Å². The highest BCUT2D eigenvalue weighted by Crippen LogP contribution is 2.35. The molecule has 2 aliphatic carbocycles. The second-order valence-electron chi connectivity index (χ2n) is 15.0. The Labute approximate surface area is 318 Å². The number of carbonyl (C=O) groups is 4. The lowest BCUT2D eigenvalue weighted by atomic mass is 9.91. The summed E-state index contributed by atoms with van der Waals surface area (Å²) >= 11 is 0. The Balaban J connectivity index is 0.000000586. The normalized spacial score (nSPS) is 26.8. The van der Waals surface area contributed by atoms with Crippen LogP contribution < -0.4 is 20.5 Å². The molecule has 1 aromatic carbocycles.